The minimum atomic E-state index is -4.99. The van der Waals surface area contributed by atoms with Crippen LogP contribution in [0.3, 0.4) is 0 Å². The largest absolute Gasteiger partial charge is 0.573 e. The average molecular weight is 322 g/mol. The third kappa shape index (κ3) is 3.69. The second-order valence-electron chi connectivity index (χ2n) is 2.72. The predicted octanol–water partition coefficient (Wildman–Crippen LogP) is 3.69. The molecule has 96 valence electrons. The van der Waals surface area contributed by atoms with Gasteiger partial charge in [-0.2, -0.15) is 0 Å². The van der Waals surface area contributed by atoms with Crippen LogP contribution in [0.4, 0.5) is 22.0 Å². The second-order valence-corrected chi connectivity index (χ2v) is 3.48. The first-order valence-electron chi connectivity index (χ1n) is 4.03. The van der Waals surface area contributed by atoms with Crippen LogP contribution in [0.25, 0.3) is 0 Å². The molecule has 1 rings (SSSR count). The van der Waals surface area contributed by atoms with E-state index < -0.39 is 30.0 Å². The Kier molecular flexibility index (Phi) is 4.12. The predicted molar refractivity (Wildman–Crippen MR) is 50.1 cm³/mol. The van der Waals surface area contributed by atoms with Crippen molar-refractivity contribution in [2.45, 2.75) is 12.8 Å². The molecule has 1 heterocycles. The Bertz CT molecular complexity index is 410. The van der Waals surface area contributed by atoms with Crippen LogP contribution in [0.2, 0.25) is 0 Å². The van der Waals surface area contributed by atoms with E-state index in [9.17, 15) is 22.0 Å². The molecule has 0 atom stereocenters. The van der Waals surface area contributed by atoms with E-state index in [1.54, 1.807) is 0 Å². The molecule has 0 radical (unpaired) electrons. The summed E-state index contributed by atoms with van der Waals surface area (Å²) in [5, 5.41) is 0. The highest BCUT2D eigenvalue weighted by Gasteiger charge is 2.33. The molecule has 1 aromatic rings. The topological polar surface area (TPSA) is 31.4 Å². The monoisotopic (exact) mass is 321 g/mol. The molecule has 9 heteroatoms. The molecule has 3 nitrogen and oxygen atoms in total. The Morgan fingerprint density at radius 1 is 1.35 bits per heavy atom. The van der Waals surface area contributed by atoms with E-state index in [4.69, 9.17) is 0 Å². The number of pyridine rings is 1. The van der Waals surface area contributed by atoms with E-state index in [-0.39, 0.29) is 4.60 Å². The number of rotatable bonds is 3. The van der Waals surface area contributed by atoms with Crippen LogP contribution in [0, 0.1) is 0 Å². The zero-order valence-electron chi connectivity index (χ0n) is 8.19. The van der Waals surface area contributed by atoms with Gasteiger partial charge in [-0.3, -0.25) is 0 Å². The molecule has 0 saturated heterocycles. The van der Waals surface area contributed by atoms with Crippen LogP contribution >= 0.6 is 15.9 Å². The van der Waals surface area contributed by atoms with Crippen molar-refractivity contribution in [3.8, 4) is 11.6 Å². The highest BCUT2D eigenvalue weighted by Crippen LogP contribution is 2.36. The number of aromatic nitrogens is 1. The Morgan fingerprint density at radius 2 is 1.94 bits per heavy atom. The molecule has 0 bridgehead atoms. The summed E-state index contributed by atoms with van der Waals surface area (Å²) in [6.07, 6.45) is -8.01. The van der Waals surface area contributed by atoms with Crippen molar-refractivity contribution in [2.75, 3.05) is 7.11 Å². The van der Waals surface area contributed by atoms with Gasteiger partial charge in [-0.1, -0.05) is 0 Å². The summed E-state index contributed by atoms with van der Waals surface area (Å²) in [7, 11) is 1.07. The van der Waals surface area contributed by atoms with Gasteiger partial charge in [-0.15, -0.1) is 13.2 Å². The summed E-state index contributed by atoms with van der Waals surface area (Å²) in [4.78, 5) is 3.39. The first-order chi connectivity index (χ1) is 7.74. The fraction of sp³-hybridized carbons (Fsp3) is 0.375. The molecule has 0 spiro atoms. The van der Waals surface area contributed by atoms with Gasteiger partial charge in [0.1, 0.15) is 0 Å². The van der Waals surface area contributed by atoms with Crippen molar-refractivity contribution < 1.29 is 31.4 Å². The summed E-state index contributed by atoms with van der Waals surface area (Å²) >= 11 is 2.66. The van der Waals surface area contributed by atoms with Gasteiger partial charge >= 0.3 is 6.36 Å². The summed E-state index contributed by atoms with van der Waals surface area (Å²) in [5.74, 6) is -1.32. The lowest BCUT2D eigenvalue weighted by molar-refractivity contribution is -0.275. The van der Waals surface area contributed by atoms with Gasteiger partial charge in [0, 0.05) is 0 Å². The number of methoxy groups -OCH3 is 1. The molecule has 1 aromatic heterocycles. The van der Waals surface area contributed by atoms with E-state index in [0.717, 1.165) is 7.11 Å². The smallest absolute Gasteiger partial charge is 0.481 e. The molecule has 0 aliphatic rings. The Balaban J connectivity index is 3.20. The maximum atomic E-state index is 12.5. The third-order valence-corrected chi connectivity index (χ3v) is 2.16. The van der Waals surface area contributed by atoms with Gasteiger partial charge in [0.05, 0.1) is 12.7 Å². The standard InChI is InChI=1S/C8H5BrF5NO2/c1-16-7-3(6(10)11)2-4(5(9)15-7)17-8(12,13)14/h2,6H,1H3. The third-order valence-electron chi connectivity index (χ3n) is 1.59. The molecule has 0 aromatic carbocycles. The van der Waals surface area contributed by atoms with Gasteiger partial charge in [-0.25, -0.2) is 13.8 Å². The van der Waals surface area contributed by atoms with Crippen LogP contribution in [-0.4, -0.2) is 18.5 Å². The van der Waals surface area contributed by atoms with Crippen LogP contribution in [0.5, 0.6) is 11.6 Å². The molecule has 0 aliphatic heterocycles. The van der Waals surface area contributed by atoms with Gasteiger partial charge in [-0.05, 0) is 22.0 Å². The fourth-order valence-electron chi connectivity index (χ4n) is 0.987. The minimum Gasteiger partial charge on any atom is -0.481 e. The number of nitrogens with zero attached hydrogens (tertiary/aromatic N) is 1. The number of hydrogen-bond donors (Lipinski definition) is 0. The lowest BCUT2D eigenvalue weighted by atomic mass is 10.2. The molecule has 0 fully saturated rings. The molecule has 17 heavy (non-hydrogen) atoms. The Morgan fingerprint density at radius 3 is 2.35 bits per heavy atom. The maximum Gasteiger partial charge on any atom is 0.573 e. The summed E-state index contributed by atoms with van der Waals surface area (Å²) in [6.45, 7) is 0. The van der Waals surface area contributed by atoms with Crippen molar-refractivity contribution in [3.05, 3.63) is 16.2 Å². The number of halogens is 6. The van der Waals surface area contributed by atoms with Crippen LogP contribution in [0.1, 0.15) is 12.0 Å². The summed E-state index contributed by atoms with van der Waals surface area (Å²) in [6, 6.07) is 0.522. The molecular formula is C8H5BrF5NO2. The molecule has 0 amide bonds. The summed E-state index contributed by atoms with van der Waals surface area (Å²) in [5.41, 5.74) is -0.782. The summed E-state index contributed by atoms with van der Waals surface area (Å²) < 4.78 is 68.5. The van der Waals surface area contributed by atoms with Crippen molar-refractivity contribution in [1.29, 1.82) is 0 Å². The van der Waals surface area contributed by atoms with Gasteiger partial charge in [0.25, 0.3) is 6.43 Å². The first kappa shape index (κ1) is 13.9. The van der Waals surface area contributed by atoms with E-state index in [2.05, 4.69) is 30.4 Å². The molecule has 0 N–H and O–H groups in total. The molecular weight excluding hydrogens is 317 g/mol. The van der Waals surface area contributed by atoms with E-state index in [1.807, 2.05) is 0 Å². The zero-order valence-corrected chi connectivity index (χ0v) is 9.77. The SMILES string of the molecule is COc1nc(Br)c(OC(F)(F)F)cc1C(F)F. The van der Waals surface area contributed by atoms with Crippen molar-refractivity contribution in [1.82, 2.24) is 4.98 Å². The highest BCUT2D eigenvalue weighted by atomic mass is 79.9. The fourth-order valence-corrected chi connectivity index (χ4v) is 1.34. The van der Waals surface area contributed by atoms with Gasteiger partial charge in [0.15, 0.2) is 10.4 Å². The van der Waals surface area contributed by atoms with Crippen molar-refractivity contribution in [2.24, 2.45) is 0 Å². The number of ether oxygens (including phenoxy) is 2. The lowest BCUT2D eigenvalue weighted by Crippen LogP contribution is -2.18. The second kappa shape index (κ2) is 5.03. The van der Waals surface area contributed by atoms with Gasteiger partial charge in [0.2, 0.25) is 5.88 Å². The number of hydrogen-bond acceptors (Lipinski definition) is 3. The van der Waals surface area contributed by atoms with Crippen LogP contribution in [-0.2, 0) is 0 Å². The normalized spacial score (nSPS) is 11.8. The quantitative estimate of drug-likeness (QED) is 0.628. The highest BCUT2D eigenvalue weighted by molar-refractivity contribution is 9.10. The van der Waals surface area contributed by atoms with Crippen LogP contribution in [0.15, 0.2) is 10.7 Å². The lowest BCUT2D eigenvalue weighted by Gasteiger charge is -2.13. The maximum absolute atomic E-state index is 12.5. The Hall–Kier alpha value is -1.12. The van der Waals surface area contributed by atoms with E-state index in [1.165, 1.54) is 0 Å². The molecule has 0 saturated carbocycles. The number of alkyl halides is 5. The van der Waals surface area contributed by atoms with Gasteiger partial charge < -0.3 is 9.47 Å². The average Bonchev–Trinajstić information content (AvgIpc) is 2.18. The Labute approximate surface area is 101 Å². The van der Waals surface area contributed by atoms with E-state index in [0.29, 0.717) is 6.07 Å². The first-order valence-corrected chi connectivity index (χ1v) is 4.82. The van der Waals surface area contributed by atoms with Crippen molar-refractivity contribution >= 4 is 15.9 Å². The zero-order chi connectivity index (χ0) is 13.2. The molecule has 0 aliphatic carbocycles. The molecule has 0 unspecified atom stereocenters. The van der Waals surface area contributed by atoms with Crippen LogP contribution < -0.4 is 9.47 Å². The van der Waals surface area contributed by atoms with E-state index >= 15 is 0 Å². The van der Waals surface area contributed by atoms with Crippen molar-refractivity contribution in [3.63, 3.8) is 0 Å². The minimum absolute atomic E-state index is 0.379.